The molecule has 3 nitrogen and oxygen atoms in total. The van der Waals surface area contributed by atoms with Gasteiger partial charge in [0.15, 0.2) is 0 Å². The number of furan rings is 1. The van der Waals surface area contributed by atoms with Crippen LogP contribution < -0.4 is 0 Å². The lowest BCUT2D eigenvalue weighted by molar-refractivity contribution is 0.0663. The van der Waals surface area contributed by atoms with Crippen LogP contribution in [0.4, 0.5) is 0 Å². The van der Waals surface area contributed by atoms with Gasteiger partial charge in [-0.1, -0.05) is 29.8 Å². The van der Waals surface area contributed by atoms with Gasteiger partial charge in [-0.2, -0.15) is 0 Å². The summed E-state index contributed by atoms with van der Waals surface area (Å²) in [7, 11) is 0. The molecule has 0 aliphatic carbocycles. The highest BCUT2D eigenvalue weighted by Crippen LogP contribution is 2.38. The highest BCUT2D eigenvalue weighted by atomic mass is 79.9. The molecule has 0 saturated carbocycles. The highest BCUT2D eigenvalue weighted by molar-refractivity contribution is 9.10. The normalized spacial score (nSPS) is 11.4. The van der Waals surface area contributed by atoms with Gasteiger partial charge in [-0.15, -0.1) is 0 Å². The maximum absolute atomic E-state index is 11.3. The number of carbonyl (C=O) groups is 1. The zero-order valence-electron chi connectivity index (χ0n) is 10.8. The van der Waals surface area contributed by atoms with E-state index in [-0.39, 0.29) is 11.7 Å². The molecule has 0 fully saturated rings. The second kappa shape index (κ2) is 4.43. The van der Waals surface area contributed by atoms with E-state index >= 15 is 0 Å². The van der Waals surface area contributed by atoms with E-state index in [1.807, 2.05) is 33.8 Å². The highest BCUT2D eigenvalue weighted by Gasteiger charge is 2.24. The number of halogens is 1. The van der Waals surface area contributed by atoms with E-state index in [4.69, 9.17) is 4.42 Å². The second-order valence-electron chi connectivity index (χ2n) is 4.81. The Labute approximate surface area is 114 Å². The molecule has 2 aromatic rings. The fraction of sp³-hybridized carbons (Fsp3) is 0.357. The molecule has 4 heteroatoms. The van der Waals surface area contributed by atoms with Gasteiger partial charge < -0.3 is 9.52 Å². The Balaban J connectivity index is 2.96. The molecule has 0 aliphatic rings. The predicted octanol–water partition coefficient (Wildman–Crippen LogP) is 4.63. The Morgan fingerprint density at radius 1 is 1.39 bits per heavy atom. The van der Waals surface area contributed by atoms with Gasteiger partial charge in [0.25, 0.3) is 0 Å². The molecule has 0 aliphatic heterocycles. The topological polar surface area (TPSA) is 50.4 Å². The summed E-state index contributed by atoms with van der Waals surface area (Å²) in [5.74, 6) is -0.852. The number of carboxylic acid groups (broad SMARTS) is 1. The van der Waals surface area contributed by atoms with Gasteiger partial charge in [0.2, 0.25) is 5.76 Å². The first-order valence-electron chi connectivity index (χ1n) is 5.80. The standard InChI is InChI=1S/C14H15BrO3/c1-6(2)10-11-8(4)12(15)7(3)5-9(11)18-13(10)14(16)17/h5-6H,1-4H3,(H,16,17). The van der Waals surface area contributed by atoms with Gasteiger partial charge in [0.1, 0.15) is 5.58 Å². The largest absolute Gasteiger partial charge is 0.475 e. The van der Waals surface area contributed by atoms with E-state index in [9.17, 15) is 9.90 Å². The lowest BCUT2D eigenvalue weighted by atomic mass is 9.96. The smallest absolute Gasteiger partial charge is 0.372 e. The SMILES string of the molecule is Cc1cc2oc(C(=O)O)c(C(C)C)c2c(C)c1Br. The fourth-order valence-electron chi connectivity index (χ4n) is 2.33. The van der Waals surface area contributed by atoms with Gasteiger partial charge in [0.05, 0.1) is 0 Å². The average Bonchev–Trinajstić information content (AvgIpc) is 2.65. The van der Waals surface area contributed by atoms with Crippen LogP contribution in [-0.4, -0.2) is 11.1 Å². The predicted molar refractivity (Wildman–Crippen MR) is 74.4 cm³/mol. The van der Waals surface area contributed by atoms with Crippen LogP contribution in [0.15, 0.2) is 15.0 Å². The monoisotopic (exact) mass is 310 g/mol. The maximum atomic E-state index is 11.3. The van der Waals surface area contributed by atoms with Gasteiger partial charge in [-0.05, 0) is 37.0 Å². The maximum Gasteiger partial charge on any atom is 0.372 e. The number of benzene rings is 1. The van der Waals surface area contributed by atoms with Crippen LogP contribution in [0.25, 0.3) is 11.0 Å². The minimum atomic E-state index is -1.01. The van der Waals surface area contributed by atoms with Crippen molar-refractivity contribution in [2.45, 2.75) is 33.6 Å². The van der Waals surface area contributed by atoms with E-state index in [1.54, 1.807) is 0 Å². The van der Waals surface area contributed by atoms with Crippen molar-refractivity contribution in [1.29, 1.82) is 0 Å². The first kappa shape index (κ1) is 13.1. The number of rotatable bonds is 2. The molecule has 0 atom stereocenters. The molecule has 0 saturated heterocycles. The molecule has 1 aromatic carbocycles. The molecule has 18 heavy (non-hydrogen) atoms. The van der Waals surface area contributed by atoms with Crippen LogP contribution in [-0.2, 0) is 0 Å². The molecule has 0 bridgehead atoms. The number of aromatic carboxylic acids is 1. The third-order valence-electron chi connectivity index (χ3n) is 3.14. The Kier molecular flexibility index (Phi) is 3.23. The molecule has 0 radical (unpaired) electrons. The Hall–Kier alpha value is -1.29. The van der Waals surface area contributed by atoms with E-state index in [1.165, 1.54) is 0 Å². The Bertz CT molecular complexity index is 638. The minimum absolute atomic E-state index is 0.0561. The van der Waals surface area contributed by atoms with Crippen molar-refractivity contribution in [3.63, 3.8) is 0 Å². The summed E-state index contributed by atoms with van der Waals surface area (Å²) in [6.45, 7) is 7.90. The van der Waals surface area contributed by atoms with Crippen molar-refractivity contribution in [3.8, 4) is 0 Å². The van der Waals surface area contributed by atoms with E-state index in [0.717, 1.165) is 26.5 Å². The van der Waals surface area contributed by atoms with Gasteiger partial charge in [-0.3, -0.25) is 0 Å². The molecule has 1 aromatic heterocycles. The van der Waals surface area contributed by atoms with Crippen molar-refractivity contribution in [2.75, 3.05) is 0 Å². The lowest BCUT2D eigenvalue weighted by Gasteiger charge is -2.08. The van der Waals surface area contributed by atoms with Crippen molar-refractivity contribution >= 4 is 32.9 Å². The molecule has 1 heterocycles. The van der Waals surface area contributed by atoms with Gasteiger partial charge >= 0.3 is 5.97 Å². The Morgan fingerprint density at radius 3 is 2.50 bits per heavy atom. The molecule has 0 unspecified atom stereocenters. The number of aryl methyl sites for hydroxylation is 2. The molecular formula is C14H15BrO3. The van der Waals surface area contributed by atoms with Crippen molar-refractivity contribution < 1.29 is 14.3 Å². The first-order chi connectivity index (χ1) is 8.34. The average molecular weight is 311 g/mol. The van der Waals surface area contributed by atoms with Crippen LogP contribution in [0.5, 0.6) is 0 Å². The van der Waals surface area contributed by atoms with Gasteiger partial charge in [-0.25, -0.2) is 4.79 Å². The lowest BCUT2D eigenvalue weighted by Crippen LogP contribution is -2.00. The quantitative estimate of drug-likeness (QED) is 0.879. The number of hydrogen-bond acceptors (Lipinski definition) is 2. The minimum Gasteiger partial charge on any atom is -0.475 e. The van der Waals surface area contributed by atoms with Crippen LogP contribution in [0.3, 0.4) is 0 Å². The Morgan fingerprint density at radius 2 is 2.00 bits per heavy atom. The molecule has 0 amide bonds. The second-order valence-corrected chi connectivity index (χ2v) is 5.60. The molecule has 1 N–H and O–H groups in total. The van der Waals surface area contributed by atoms with Crippen molar-refractivity contribution in [1.82, 2.24) is 0 Å². The van der Waals surface area contributed by atoms with Crippen molar-refractivity contribution in [3.05, 3.63) is 33.0 Å². The summed E-state index contributed by atoms with van der Waals surface area (Å²) >= 11 is 3.54. The molecular weight excluding hydrogens is 296 g/mol. The molecule has 96 valence electrons. The summed E-state index contributed by atoms with van der Waals surface area (Å²) in [5.41, 5.74) is 3.50. The summed E-state index contributed by atoms with van der Waals surface area (Å²) < 4.78 is 6.53. The van der Waals surface area contributed by atoms with Crippen LogP contribution in [0, 0.1) is 13.8 Å². The van der Waals surface area contributed by atoms with Crippen LogP contribution in [0.2, 0.25) is 0 Å². The summed E-state index contributed by atoms with van der Waals surface area (Å²) in [6, 6.07) is 1.88. The summed E-state index contributed by atoms with van der Waals surface area (Å²) in [5, 5.41) is 10.2. The summed E-state index contributed by atoms with van der Waals surface area (Å²) in [6.07, 6.45) is 0. The third-order valence-corrected chi connectivity index (χ3v) is 4.36. The number of carboxylic acids is 1. The first-order valence-corrected chi connectivity index (χ1v) is 6.59. The van der Waals surface area contributed by atoms with Crippen LogP contribution in [0.1, 0.15) is 47.0 Å². The molecule has 2 rings (SSSR count). The zero-order chi connectivity index (χ0) is 13.6. The van der Waals surface area contributed by atoms with Crippen molar-refractivity contribution in [2.24, 2.45) is 0 Å². The van der Waals surface area contributed by atoms with E-state index < -0.39 is 5.97 Å². The number of hydrogen-bond donors (Lipinski definition) is 1. The van der Waals surface area contributed by atoms with Crippen LogP contribution >= 0.6 is 15.9 Å². The van der Waals surface area contributed by atoms with Gasteiger partial charge in [0, 0.05) is 15.4 Å². The van der Waals surface area contributed by atoms with E-state index in [2.05, 4.69) is 15.9 Å². The zero-order valence-corrected chi connectivity index (χ0v) is 12.4. The fourth-order valence-corrected chi connectivity index (χ4v) is 2.64. The molecule has 0 spiro atoms. The number of fused-ring (bicyclic) bond motifs is 1. The third kappa shape index (κ3) is 1.85. The summed E-state index contributed by atoms with van der Waals surface area (Å²) in [4.78, 5) is 11.3. The van der Waals surface area contributed by atoms with E-state index in [0.29, 0.717) is 5.58 Å².